The van der Waals surface area contributed by atoms with Crippen LogP contribution in [0.4, 0.5) is 0 Å². The van der Waals surface area contributed by atoms with Gasteiger partial charge in [0.2, 0.25) is 5.91 Å². The van der Waals surface area contributed by atoms with E-state index >= 15 is 0 Å². The maximum atomic E-state index is 10.9. The molecule has 104 valence electrons. The number of nitrogens with zero attached hydrogens (tertiary/aromatic N) is 1. The van der Waals surface area contributed by atoms with Crippen LogP contribution in [0.25, 0.3) is 0 Å². The normalized spacial score (nSPS) is 10.9. The fraction of sp³-hybridized carbons (Fsp3) is 0.400. The minimum absolute atomic E-state index is 0. The van der Waals surface area contributed by atoms with Gasteiger partial charge >= 0.3 is 29.6 Å². The van der Waals surface area contributed by atoms with Gasteiger partial charge < -0.3 is 14.8 Å². The summed E-state index contributed by atoms with van der Waals surface area (Å²) in [6.07, 6.45) is 1.80. The molecule has 0 saturated carbocycles. The maximum Gasteiger partial charge on any atom is 1.00 e. The molecule has 1 atom stereocenters. The third-order valence-electron chi connectivity index (χ3n) is 1.76. The van der Waals surface area contributed by atoms with Gasteiger partial charge in [-0.2, -0.15) is 8.42 Å². The number of likely N-dealkylation sites (N-methyl/N-ethyl adjacent to an activating group) is 1. The molecule has 0 spiro atoms. The van der Waals surface area contributed by atoms with Crippen LogP contribution in [0.1, 0.15) is 6.92 Å². The zero-order chi connectivity index (χ0) is 14.9. The standard InChI is InChI=1S/C7H13NO4S.C3H4O2.Na/c1-4-7(9)8(3)5-6(2)13(10,11)12;1-2-3(4)5;/h4,6H,1,5H2,2-3H3,(H,10,11,12);2H,1H2,(H,4,5);/q;;+1/p-1. The molecule has 0 aliphatic rings. The van der Waals surface area contributed by atoms with E-state index in [4.69, 9.17) is 14.5 Å². The van der Waals surface area contributed by atoms with Gasteiger partial charge in [0.1, 0.15) is 5.25 Å². The molecule has 0 aliphatic heterocycles. The summed E-state index contributed by atoms with van der Waals surface area (Å²) in [5, 5.41) is 8.15. The van der Waals surface area contributed by atoms with Gasteiger partial charge in [-0.3, -0.25) is 9.35 Å². The molecule has 0 aromatic rings. The van der Waals surface area contributed by atoms with E-state index in [2.05, 4.69) is 13.2 Å². The molecule has 0 fully saturated rings. The second kappa shape index (κ2) is 11.2. The number of carboxylic acid groups (broad SMARTS) is 1. The molecule has 0 radical (unpaired) electrons. The van der Waals surface area contributed by atoms with Crippen LogP contribution < -0.4 is 34.7 Å². The van der Waals surface area contributed by atoms with Crippen molar-refractivity contribution in [1.29, 1.82) is 0 Å². The van der Waals surface area contributed by atoms with E-state index < -0.39 is 21.3 Å². The largest absolute Gasteiger partial charge is 1.00 e. The van der Waals surface area contributed by atoms with Crippen molar-refractivity contribution >= 4 is 22.0 Å². The van der Waals surface area contributed by atoms with Crippen LogP contribution in [0.5, 0.6) is 0 Å². The SMILES string of the molecule is C=CC(=O)N(C)CC(C)S(=O)(=O)O.C=CC(=O)[O-].[Na+]. The van der Waals surface area contributed by atoms with Crippen LogP contribution in [0.15, 0.2) is 25.3 Å². The Morgan fingerprint density at radius 1 is 1.37 bits per heavy atom. The second-order valence-electron chi connectivity index (χ2n) is 3.27. The van der Waals surface area contributed by atoms with Crippen molar-refractivity contribution in [2.45, 2.75) is 12.2 Å². The summed E-state index contributed by atoms with van der Waals surface area (Å²) < 4.78 is 29.7. The Balaban J connectivity index is -0.000000366. The van der Waals surface area contributed by atoms with E-state index in [9.17, 15) is 13.2 Å². The first-order chi connectivity index (χ1) is 8.06. The molecular formula is C10H16NNaO6S. The van der Waals surface area contributed by atoms with Crippen molar-refractivity contribution in [3.63, 3.8) is 0 Å². The van der Waals surface area contributed by atoms with Crippen LogP contribution >= 0.6 is 0 Å². The third kappa shape index (κ3) is 13.6. The van der Waals surface area contributed by atoms with E-state index in [1.807, 2.05) is 0 Å². The third-order valence-corrected chi connectivity index (χ3v) is 2.92. The zero-order valence-electron chi connectivity index (χ0n) is 11.2. The Kier molecular flexibility index (Phi) is 13.8. The van der Waals surface area contributed by atoms with E-state index in [1.165, 1.54) is 18.9 Å². The van der Waals surface area contributed by atoms with Crippen LogP contribution in [-0.2, 0) is 19.7 Å². The maximum absolute atomic E-state index is 10.9. The van der Waals surface area contributed by atoms with Crippen molar-refractivity contribution in [1.82, 2.24) is 4.90 Å². The Morgan fingerprint density at radius 2 is 1.74 bits per heavy atom. The van der Waals surface area contributed by atoms with Crippen molar-refractivity contribution in [2.24, 2.45) is 0 Å². The number of rotatable bonds is 5. The average molecular weight is 301 g/mol. The molecule has 0 heterocycles. The zero-order valence-corrected chi connectivity index (χ0v) is 14.0. The summed E-state index contributed by atoms with van der Waals surface area (Å²) >= 11 is 0. The summed E-state index contributed by atoms with van der Waals surface area (Å²) in [7, 11) is -2.63. The quantitative estimate of drug-likeness (QED) is 0.313. The van der Waals surface area contributed by atoms with E-state index in [-0.39, 0.29) is 42.0 Å². The molecule has 1 amide bonds. The first kappa shape index (κ1) is 23.4. The Morgan fingerprint density at radius 3 is 1.95 bits per heavy atom. The van der Waals surface area contributed by atoms with Crippen LogP contribution in [-0.4, -0.2) is 48.6 Å². The fourth-order valence-electron chi connectivity index (χ4n) is 0.726. The minimum Gasteiger partial charge on any atom is -0.545 e. The summed E-state index contributed by atoms with van der Waals surface area (Å²) in [5.74, 6) is -1.61. The first-order valence-corrected chi connectivity index (χ1v) is 6.23. The van der Waals surface area contributed by atoms with Crippen LogP contribution in [0.2, 0.25) is 0 Å². The minimum atomic E-state index is -4.07. The van der Waals surface area contributed by atoms with Gasteiger partial charge in [-0.1, -0.05) is 13.2 Å². The molecular weight excluding hydrogens is 285 g/mol. The summed E-state index contributed by atoms with van der Waals surface area (Å²) in [6, 6.07) is 0. The van der Waals surface area contributed by atoms with E-state index in [0.717, 1.165) is 12.2 Å². The molecule has 0 aromatic heterocycles. The van der Waals surface area contributed by atoms with E-state index in [0.29, 0.717) is 0 Å². The smallest absolute Gasteiger partial charge is 0.545 e. The Bertz CT molecular complexity index is 420. The molecule has 0 aromatic carbocycles. The molecule has 0 rings (SSSR count). The number of amides is 1. The number of carboxylic acids is 1. The van der Waals surface area contributed by atoms with Gasteiger partial charge in [0.25, 0.3) is 10.1 Å². The number of carbonyl (C=O) groups excluding carboxylic acids is 2. The molecule has 7 nitrogen and oxygen atoms in total. The van der Waals surface area contributed by atoms with Crippen molar-refractivity contribution < 1.29 is 57.2 Å². The van der Waals surface area contributed by atoms with Gasteiger partial charge in [0.05, 0.1) is 5.97 Å². The fourth-order valence-corrected chi connectivity index (χ4v) is 1.14. The first-order valence-electron chi connectivity index (χ1n) is 4.73. The van der Waals surface area contributed by atoms with Gasteiger partial charge in [-0.15, -0.1) is 0 Å². The second-order valence-corrected chi connectivity index (χ2v) is 5.11. The summed E-state index contributed by atoms with van der Waals surface area (Å²) in [6.45, 7) is 7.42. The Labute approximate surface area is 135 Å². The molecule has 0 aliphatic carbocycles. The topological polar surface area (TPSA) is 115 Å². The molecule has 9 heteroatoms. The molecule has 1 unspecified atom stereocenters. The number of hydrogen-bond acceptors (Lipinski definition) is 5. The van der Waals surface area contributed by atoms with E-state index in [1.54, 1.807) is 0 Å². The van der Waals surface area contributed by atoms with Gasteiger partial charge in [0.15, 0.2) is 0 Å². The van der Waals surface area contributed by atoms with Gasteiger partial charge in [0, 0.05) is 13.6 Å². The number of aliphatic carboxylic acids is 1. The van der Waals surface area contributed by atoms with Crippen molar-refractivity contribution in [2.75, 3.05) is 13.6 Å². The molecule has 0 bridgehead atoms. The molecule has 1 N–H and O–H groups in total. The molecule has 0 saturated heterocycles. The summed E-state index contributed by atoms with van der Waals surface area (Å²) in [5.41, 5.74) is 0. The predicted molar refractivity (Wildman–Crippen MR) is 64.0 cm³/mol. The molecule has 19 heavy (non-hydrogen) atoms. The average Bonchev–Trinajstić information content (AvgIpc) is 2.27. The number of carbonyl (C=O) groups is 2. The van der Waals surface area contributed by atoms with Gasteiger partial charge in [-0.25, -0.2) is 0 Å². The van der Waals surface area contributed by atoms with Crippen LogP contribution in [0.3, 0.4) is 0 Å². The van der Waals surface area contributed by atoms with Crippen molar-refractivity contribution in [3.05, 3.63) is 25.3 Å². The van der Waals surface area contributed by atoms with Crippen LogP contribution in [0, 0.1) is 0 Å². The monoisotopic (exact) mass is 301 g/mol. The number of hydrogen-bond donors (Lipinski definition) is 1. The van der Waals surface area contributed by atoms with Gasteiger partial charge in [-0.05, 0) is 19.1 Å². The Hall–Kier alpha value is -0.670. The predicted octanol–water partition coefficient (Wildman–Crippen LogP) is -4.17. The van der Waals surface area contributed by atoms with Crippen molar-refractivity contribution in [3.8, 4) is 0 Å². The summed E-state index contributed by atoms with van der Waals surface area (Å²) in [4.78, 5) is 21.2.